The number of nitrogens with zero attached hydrogens (tertiary/aromatic N) is 1. The molecule has 164 valence electrons. The van der Waals surface area contributed by atoms with Gasteiger partial charge >= 0.3 is 0 Å². The Morgan fingerprint density at radius 1 is 1.09 bits per heavy atom. The lowest BCUT2D eigenvalue weighted by Gasteiger charge is -2.14. The summed E-state index contributed by atoms with van der Waals surface area (Å²) in [6, 6.07) is 17.6. The predicted octanol–water partition coefficient (Wildman–Crippen LogP) is 6.48. The molecule has 0 N–H and O–H groups in total. The van der Waals surface area contributed by atoms with E-state index in [-0.39, 0.29) is 17.7 Å². The summed E-state index contributed by atoms with van der Waals surface area (Å²) in [6.45, 7) is 2.88. The number of carbonyl (C=O) groups is 2. The molecule has 3 aromatic rings. The molecular weight excluding hydrogens is 537 g/mol. The van der Waals surface area contributed by atoms with Gasteiger partial charge in [0.2, 0.25) is 0 Å². The van der Waals surface area contributed by atoms with Crippen LogP contribution in [0.1, 0.15) is 24.5 Å². The molecule has 0 saturated carbocycles. The van der Waals surface area contributed by atoms with Crippen molar-refractivity contribution in [3.05, 3.63) is 74.2 Å². The fourth-order valence-electron chi connectivity index (χ4n) is 3.56. The van der Waals surface area contributed by atoms with Crippen molar-refractivity contribution >= 4 is 62.3 Å². The summed E-state index contributed by atoms with van der Waals surface area (Å²) >= 11 is 3.16. The Hall–Kier alpha value is -2.52. The third-order valence-corrected chi connectivity index (χ3v) is 6.79. The van der Waals surface area contributed by atoms with Gasteiger partial charge in [0.05, 0.1) is 28.7 Å². The van der Waals surface area contributed by atoms with E-state index >= 15 is 0 Å². The number of hydrogen-bond donors (Lipinski definition) is 0. The van der Waals surface area contributed by atoms with Crippen LogP contribution in [0, 0.1) is 3.57 Å². The number of carbonyl (C=O) groups excluding carboxylic acids is 2. The lowest BCUT2D eigenvalue weighted by atomic mass is 10.0. The topological polar surface area (TPSA) is 55.8 Å². The minimum Gasteiger partial charge on any atom is -0.493 e. The average molecular weight is 559 g/mol. The molecule has 2 amide bonds. The van der Waals surface area contributed by atoms with Gasteiger partial charge in [0.1, 0.15) is 0 Å². The lowest BCUT2D eigenvalue weighted by molar-refractivity contribution is -0.123. The van der Waals surface area contributed by atoms with Crippen molar-refractivity contribution in [2.45, 2.75) is 19.9 Å². The van der Waals surface area contributed by atoms with Crippen molar-refractivity contribution in [3.8, 4) is 11.5 Å². The van der Waals surface area contributed by atoms with Crippen molar-refractivity contribution in [2.75, 3.05) is 13.7 Å². The molecule has 32 heavy (non-hydrogen) atoms. The van der Waals surface area contributed by atoms with Gasteiger partial charge in [0, 0.05) is 0 Å². The molecule has 4 rings (SSSR count). The number of methoxy groups -OCH3 is 1. The SMILES string of the molecule is CCCOc1c(I)cc(/C=C2\SC(=O)N(Cc3cccc4ccccc34)C2=O)cc1OC. The first kappa shape index (κ1) is 22.7. The first-order valence-electron chi connectivity index (χ1n) is 10.2. The van der Waals surface area contributed by atoms with E-state index in [0.717, 1.165) is 43.7 Å². The van der Waals surface area contributed by atoms with Crippen molar-refractivity contribution in [3.63, 3.8) is 0 Å². The molecule has 1 aliphatic rings. The van der Waals surface area contributed by atoms with Gasteiger partial charge in [-0.3, -0.25) is 14.5 Å². The molecule has 0 unspecified atom stereocenters. The number of ether oxygens (including phenoxy) is 2. The average Bonchev–Trinajstić information content (AvgIpc) is 3.05. The molecule has 7 heteroatoms. The second-order valence-electron chi connectivity index (χ2n) is 7.29. The molecule has 0 aliphatic carbocycles. The second kappa shape index (κ2) is 9.95. The molecule has 0 bridgehead atoms. The van der Waals surface area contributed by atoms with Crippen LogP contribution in [0.4, 0.5) is 4.79 Å². The quantitative estimate of drug-likeness (QED) is 0.245. The highest BCUT2D eigenvalue weighted by molar-refractivity contribution is 14.1. The van der Waals surface area contributed by atoms with Crippen LogP contribution in [0.15, 0.2) is 59.5 Å². The number of amides is 2. The van der Waals surface area contributed by atoms with Crippen LogP contribution in [0.2, 0.25) is 0 Å². The number of hydrogen-bond acceptors (Lipinski definition) is 5. The van der Waals surface area contributed by atoms with Gasteiger partial charge in [-0.2, -0.15) is 0 Å². The van der Waals surface area contributed by atoms with E-state index in [1.54, 1.807) is 13.2 Å². The molecule has 5 nitrogen and oxygen atoms in total. The highest BCUT2D eigenvalue weighted by atomic mass is 127. The predicted molar refractivity (Wildman–Crippen MR) is 137 cm³/mol. The van der Waals surface area contributed by atoms with Crippen LogP contribution in [0.3, 0.4) is 0 Å². The van der Waals surface area contributed by atoms with Crippen LogP contribution in [-0.2, 0) is 11.3 Å². The molecule has 3 aromatic carbocycles. The fraction of sp³-hybridized carbons (Fsp3) is 0.200. The van der Waals surface area contributed by atoms with E-state index in [1.807, 2.05) is 61.5 Å². The summed E-state index contributed by atoms with van der Waals surface area (Å²) in [5.74, 6) is 1.01. The Kier molecular flexibility index (Phi) is 7.05. The van der Waals surface area contributed by atoms with Crippen LogP contribution in [-0.4, -0.2) is 29.8 Å². The number of thioether (sulfide) groups is 1. The maximum Gasteiger partial charge on any atom is 0.293 e. The van der Waals surface area contributed by atoms with Crippen LogP contribution in [0.25, 0.3) is 16.8 Å². The van der Waals surface area contributed by atoms with Gasteiger partial charge in [-0.05, 0) is 80.9 Å². The number of halogens is 1. The van der Waals surface area contributed by atoms with Crippen LogP contribution >= 0.6 is 34.4 Å². The van der Waals surface area contributed by atoms with Crippen LogP contribution in [0.5, 0.6) is 11.5 Å². The molecule has 0 spiro atoms. The van der Waals surface area contributed by atoms with Crippen molar-refractivity contribution < 1.29 is 19.1 Å². The molecule has 1 aliphatic heterocycles. The van der Waals surface area contributed by atoms with Gasteiger partial charge < -0.3 is 9.47 Å². The maximum atomic E-state index is 13.1. The Labute approximate surface area is 204 Å². The van der Waals surface area contributed by atoms with E-state index in [9.17, 15) is 9.59 Å². The largest absolute Gasteiger partial charge is 0.493 e. The zero-order valence-corrected chi connectivity index (χ0v) is 20.7. The number of fused-ring (bicyclic) bond motifs is 1. The summed E-state index contributed by atoms with van der Waals surface area (Å²) in [5.41, 5.74) is 1.73. The van der Waals surface area contributed by atoms with E-state index in [0.29, 0.717) is 23.0 Å². The minimum absolute atomic E-state index is 0.244. The molecule has 0 aromatic heterocycles. The number of benzene rings is 3. The van der Waals surface area contributed by atoms with Gasteiger partial charge in [0.15, 0.2) is 11.5 Å². The van der Waals surface area contributed by atoms with Crippen LogP contribution < -0.4 is 9.47 Å². The number of rotatable bonds is 7. The van der Waals surface area contributed by atoms with Crippen molar-refractivity contribution in [1.29, 1.82) is 0 Å². The molecule has 1 fully saturated rings. The molecular formula is C25H22INO4S. The molecule has 1 heterocycles. The van der Waals surface area contributed by atoms with Crippen molar-refractivity contribution in [2.24, 2.45) is 0 Å². The third-order valence-electron chi connectivity index (χ3n) is 5.08. The van der Waals surface area contributed by atoms with Gasteiger partial charge in [-0.15, -0.1) is 0 Å². The standard InChI is InChI=1S/C25H22INO4S/c1-3-11-31-23-20(26)12-16(13-21(23)30-2)14-22-24(28)27(25(29)32-22)15-18-9-6-8-17-7-4-5-10-19(17)18/h4-10,12-14H,3,11,15H2,1-2H3/b22-14-. The highest BCUT2D eigenvalue weighted by Crippen LogP contribution is 2.38. The maximum absolute atomic E-state index is 13.1. The van der Waals surface area contributed by atoms with Gasteiger partial charge in [-0.1, -0.05) is 49.4 Å². The Morgan fingerprint density at radius 3 is 2.66 bits per heavy atom. The molecule has 1 saturated heterocycles. The van der Waals surface area contributed by atoms with E-state index < -0.39 is 0 Å². The third kappa shape index (κ3) is 4.63. The normalized spacial score (nSPS) is 15.1. The smallest absolute Gasteiger partial charge is 0.293 e. The van der Waals surface area contributed by atoms with E-state index in [1.165, 1.54) is 4.90 Å². The summed E-state index contributed by atoms with van der Waals surface area (Å²) in [6.07, 6.45) is 2.63. The molecule has 0 radical (unpaired) electrons. The lowest BCUT2D eigenvalue weighted by Crippen LogP contribution is -2.27. The van der Waals surface area contributed by atoms with Crippen molar-refractivity contribution in [1.82, 2.24) is 4.90 Å². The first-order chi connectivity index (χ1) is 15.5. The minimum atomic E-state index is -0.284. The summed E-state index contributed by atoms with van der Waals surface area (Å²) in [5, 5.41) is 1.86. The Balaban J connectivity index is 1.60. The highest BCUT2D eigenvalue weighted by Gasteiger charge is 2.35. The van der Waals surface area contributed by atoms with Gasteiger partial charge in [-0.25, -0.2) is 0 Å². The van der Waals surface area contributed by atoms with E-state index in [4.69, 9.17) is 9.47 Å². The Morgan fingerprint density at radius 2 is 1.88 bits per heavy atom. The summed E-state index contributed by atoms with van der Waals surface area (Å²) in [7, 11) is 1.59. The fourth-order valence-corrected chi connectivity index (χ4v) is 5.18. The molecule has 0 atom stereocenters. The number of imide groups is 1. The van der Waals surface area contributed by atoms with E-state index in [2.05, 4.69) is 22.6 Å². The zero-order valence-electron chi connectivity index (χ0n) is 17.8. The monoisotopic (exact) mass is 559 g/mol. The Bertz CT molecular complexity index is 1220. The summed E-state index contributed by atoms with van der Waals surface area (Å²) < 4.78 is 12.2. The second-order valence-corrected chi connectivity index (χ2v) is 9.44. The zero-order chi connectivity index (χ0) is 22.7. The van der Waals surface area contributed by atoms with Gasteiger partial charge in [0.25, 0.3) is 11.1 Å². The summed E-state index contributed by atoms with van der Waals surface area (Å²) in [4.78, 5) is 27.4. The first-order valence-corrected chi connectivity index (χ1v) is 12.1.